The van der Waals surface area contributed by atoms with Gasteiger partial charge >= 0.3 is 0 Å². The molecule has 0 unspecified atom stereocenters. The minimum atomic E-state index is -3.23. The zero-order chi connectivity index (χ0) is 23.6. The van der Waals surface area contributed by atoms with E-state index in [0.29, 0.717) is 49.5 Å². The van der Waals surface area contributed by atoms with E-state index in [0.717, 1.165) is 11.1 Å². The molecular weight excluding hydrogens is 483 g/mol. The number of ether oxygens (including phenoxy) is 2. The van der Waals surface area contributed by atoms with Gasteiger partial charge in [0.1, 0.15) is 17.1 Å². The third-order valence-electron chi connectivity index (χ3n) is 5.24. The number of hydrogen-bond donors (Lipinski definition) is 1. The van der Waals surface area contributed by atoms with E-state index in [4.69, 9.17) is 32.7 Å². The van der Waals surface area contributed by atoms with E-state index in [1.807, 2.05) is 24.3 Å². The summed E-state index contributed by atoms with van der Waals surface area (Å²) in [5.74, 6) is 1.35. The van der Waals surface area contributed by atoms with Gasteiger partial charge in [0.2, 0.25) is 0 Å². The van der Waals surface area contributed by atoms with Gasteiger partial charge in [0.05, 0.1) is 26.2 Å². The van der Waals surface area contributed by atoms with Gasteiger partial charge in [0, 0.05) is 24.7 Å². The van der Waals surface area contributed by atoms with Gasteiger partial charge in [-0.2, -0.15) is 0 Å². The Bertz CT molecular complexity index is 1400. The second kappa shape index (κ2) is 9.73. The van der Waals surface area contributed by atoms with Gasteiger partial charge in [0.25, 0.3) is 0 Å². The van der Waals surface area contributed by atoms with Gasteiger partial charge in [-0.15, -0.1) is 0 Å². The number of aromatic nitrogens is 2. The van der Waals surface area contributed by atoms with Gasteiger partial charge < -0.3 is 14.5 Å². The zero-order valence-corrected chi connectivity index (χ0v) is 20.4. The predicted molar refractivity (Wildman–Crippen MR) is 131 cm³/mol. The van der Waals surface area contributed by atoms with Gasteiger partial charge in [-0.3, -0.25) is 0 Å². The Morgan fingerprint density at radius 3 is 2.48 bits per heavy atom. The van der Waals surface area contributed by atoms with E-state index in [-0.39, 0.29) is 12.5 Å². The highest BCUT2D eigenvalue weighted by atomic mass is 35.5. The summed E-state index contributed by atoms with van der Waals surface area (Å²) in [6.45, 7) is 1.72. The van der Waals surface area contributed by atoms with Gasteiger partial charge in [0.15, 0.2) is 16.6 Å². The van der Waals surface area contributed by atoms with Crippen LogP contribution in [0.5, 0.6) is 5.75 Å². The summed E-state index contributed by atoms with van der Waals surface area (Å²) in [4.78, 5) is 8.26. The smallest absolute Gasteiger partial charge is 0.188 e. The van der Waals surface area contributed by atoms with E-state index in [1.165, 1.54) is 0 Å². The minimum Gasteiger partial charge on any atom is -0.467 e. The monoisotopic (exact) mass is 504 g/mol. The first-order chi connectivity index (χ1) is 15.8. The lowest BCUT2D eigenvalue weighted by atomic mass is 10.0. The van der Waals surface area contributed by atoms with Crippen molar-refractivity contribution in [2.75, 3.05) is 19.7 Å². The topological polar surface area (TPSA) is 81.3 Å². The first-order valence-corrected chi connectivity index (χ1v) is 12.6. The highest BCUT2D eigenvalue weighted by molar-refractivity contribution is 7.91. The van der Waals surface area contributed by atoms with Crippen LogP contribution >= 0.6 is 23.2 Å². The van der Waals surface area contributed by atoms with Crippen molar-refractivity contribution in [2.45, 2.75) is 18.2 Å². The SMILES string of the molecule is CCS(=O)(=O)c1ccc(Cc2nc3c(Cl)c(-c4ccccc4OCOC)c(Cl)cc3[nH]2)cc1. The number of rotatable bonds is 8. The molecule has 0 spiro atoms. The van der Waals surface area contributed by atoms with Gasteiger partial charge in [-0.05, 0) is 29.8 Å². The molecule has 0 radical (unpaired) electrons. The Hall–Kier alpha value is -2.58. The van der Waals surface area contributed by atoms with E-state index in [9.17, 15) is 8.42 Å². The van der Waals surface area contributed by atoms with Crippen LogP contribution < -0.4 is 4.74 Å². The number of aromatic amines is 1. The number of nitrogens with zero attached hydrogens (tertiary/aromatic N) is 1. The number of halogens is 2. The van der Waals surface area contributed by atoms with Gasteiger partial charge in [-0.25, -0.2) is 13.4 Å². The number of benzene rings is 3. The Balaban J connectivity index is 1.69. The second-order valence-electron chi connectivity index (χ2n) is 7.40. The van der Waals surface area contributed by atoms with Crippen LogP contribution in [-0.2, 0) is 21.0 Å². The molecule has 6 nitrogen and oxygen atoms in total. The number of imidazole rings is 1. The summed E-state index contributed by atoms with van der Waals surface area (Å²) < 4.78 is 34.8. The molecule has 3 aromatic carbocycles. The Morgan fingerprint density at radius 1 is 1.06 bits per heavy atom. The van der Waals surface area contributed by atoms with Gasteiger partial charge in [-0.1, -0.05) is 60.5 Å². The fraction of sp³-hybridized carbons (Fsp3) is 0.208. The first-order valence-electron chi connectivity index (χ1n) is 10.2. The zero-order valence-electron chi connectivity index (χ0n) is 18.1. The molecule has 0 bridgehead atoms. The maximum Gasteiger partial charge on any atom is 0.188 e. The lowest BCUT2D eigenvalue weighted by Gasteiger charge is -2.13. The number of hydrogen-bond acceptors (Lipinski definition) is 5. The molecule has 0 aliphatic heterocycles. The molecule has 0 aliphatic rings. The molecule has 0 fully saturated rings. The molecule has 0 aliphatic carbocycles. The maximum absolute atomic E-state index is 12.0. The van der Waals surface area contributed by atoms with Crippen molar-refractivity contribution in [2.24, 2.45) is 0 Å². The van der Waals surface area contributed by atoms with Crippen molar-refractivity contribution in [1.82, 2.24) is 9.97 Å². The quantitative estimate of drug-likeness (QED) is 0.302. The molecule has 172 valence electrons. The largest absolute Gasteiger partial charge is 0.467 e. The maximum atomic E-state index is 12.0. The van der Waals surface area contributed by atoms with Crippen LogP contribution in [0.1, 0.15) is 18.3 Å². The van der Waals surface area contributed by atoms with Crippen molar-refractivity contribution < 1.29 is 17.9 Å². The molecule has 4 rings (SSSR count). The fourth-order valence-corrected chi connectivity index (χ4v) is 5.14. The highest BCUT2D eigenvalue weighted by Gasteiger charge is 2.19. The summed E-state index contributed by atoms with van der Waals surface area (Å²) in [5.41, 5.74) is 3.60. The lowest BCUT2D eigenvalue weighted by Crippen LogP contribution is -2.03. The van der Waals surface area contributed by atoms with Crippen LogP contribution in [0.3, 0.4) is 0 Å². The molecule has 0 amide bonds. The first kappa shape index (κ1) is 23.6. The number of sulfone groups is 1. The van der Waals surface area contributed by atoms with Crippen LogP contribution in [-0.4, -0.2) is 38.0 Å². The standard InChI is InChI=1S/C24H22Cl2N2O4S/c1-3-33(29,30)16-10-8-15(9-11-16)12-21-27-19-13-18(25)22(23(26)24(19)28-21)17-6-4-5-7-20(17)32-14-31-2/h4-11,13H,3,12,14H2,1-2H3,(H,27,28). The Morgan fingerprint density at radius 2 is 1.79 bits per heavy atom. The molecule has 1 aromatic heterocycles. The van der Waals surface area contributed by atoms with Crippen LogP contribution in [0.25, 0.3) is 22.2 Å². The fourth-order valence-electron chi connectivity index (χ4n) is 3.56. The summed E-state index contributed by atoms with van der Waals surface area (Å²) in [6.07, 6.45) is 0.484. The molecule has 0 atom stereocenters. The van der Waals surface area contributed by atoms with E-state index >= 15 is 0 Å². The third-order valence-corrected chi connectivity index (χ3v) is 7.66. The summed E-state index contributed by atoms with van der Waals surface area (Å²) in [6, 6.07) is 16.1. The average Bonchev–Trinajstić information content (AvgIpc) is 3.21. The summed E-state index contributed by atoms with van der Waals surface area (Å²) in [7, 11) is -1.68. The normalized spacial score (nSPS) is 11.8. The van der Waals surface area contributed by atoms with Crippen molar-refractivity contribution in [1.29, 1.82) is 0 Å². The average molecular weight is 505 g/mol. The molecule has 0 saturated carbocycles. The van der Waals surface area contributed by atoms with Crippen LogP contribution in [0.4, 0.5) is 0 Å². The number of H-pyrrole nitrogens is 1. The predicted octanol–water partition coefficient (Wildman–Crippen LogP) is 5.90. The number of para-hydroxylation sites is 1. The number of nitrogens with one attached hydrogen (secondary N) is 1. The van der Waals surface area contributed by atoms with Crippen LogP contribution in [0.2, 0.25) is 10.0 Å². The van der Waals surface area contributed by atoms with E-state index in [1.54, 1.807) is 44.4 Å². The molecular formula is C24H22Cl2N2O4S. The van der Waals surface area contributed by atoms with Crippen molar-refractivity contribution in [3.05, 3.63) is 76.0 Å². The molecule has 4 aromatic rings. The Labute approximate surface area is 202 Å². The van der Waals surface area contributed by atoms with Crippen molar-refractivity contribution in [3.8, 4) is 16.9 Å². The van der Waals surface area contributed by atoms with E-state index < -0.39 is 9.84 Å². The summed E-state index contributed by atoms with van der Waals surface area (Å²) >= 11 is 13.4. The molecule has 9 heteroatoms. The molecule has 1 N–H and O–H groups in total. The number of methoxy groups -OCH3 is 1. The second-order valence-corrected chi connectivity index (χ2v) is 10.5. The van der Waals surface area contributed by atoms with Crippen molar-refractivity contribution in [3.63, 3.8) is 0 Å². The molecule has 0 saturated heterocycles. The van der Waals surface area contributed by atoms with Crippen LogP contribution in [0, 0.1) is 0 Å². The third kappa shape index (κ3) is 4.87. The minimum absolute atomic E-state index is 0.0666. The Kier molecular flexibility index (Phi) is 6.95. The van der Waals surface area contributed by atoms with E-state index in [2.05, 4.69) is 9.97 Å². The highest BCUT2D eigenvalue weighted by Crippen LogP contribution is 2.43. The van der Waals surface area contributed by atoms with Crippen LogP contribution in [0.15, 0.2) is 59.5 Å². The molecule has 33 heavy (non-hydrogen) atoms. The molecule has 1 heterocycles. The summed E-state index contributed by atoms with van der Waals surface area (Å²) in [5, 5.41) is 0.878. The lowest BCUT2D eigenvalue weighted by molar-refractivity contribution is 0.0515. The number of fused-ring (bicyclic) bond motifs is 1. The van der Waals surface area contributed by atoms with Crippen molar-refractivity contribution >= 4 is 44.1 Å².